The molecule has 1 aliphatic rings. The van der Waals surface area contributed by atoms with Crippen LogP contribution >= 0.6 is 47.0 Å². The van der Waals surface area contributed by atoms with Crippen LogP contribution < -0.4 is 18.9 Å². The number of ether oxygens (including phenoxy) is 4. The van der Waals surface area contributed by atoms with Gasteiger partial charge in [-0.1, -0.05) is 48.5 Å². The fraction of sp³-hybridized carbons (Fsp3) is 0.400. The monoisotopic (exact) mass is 720 g/mol. The van der Waals surface area contributed by atoms with Gasteiger partial charge in [-0.2, -0.15) is 47.0 Å². The van der Waals surface area contributed by atoms with Crippen LogP contribution in [0.2, 0.25) is 0 Å². The van der Waals surface area contributed by atoms with E-state index in [1.165, 1.54) is 66.8 Å². The summed E-state index contributed by atoms with van der Waals surface area (Å²) in [5.41, 5.74) is 14.6. The Balaban J connectivity index is 1.87. The fourth-order valence-corrected chi connectivity index (χ4v) is 9.23. The molecule has 256 valence electrons. The zero-order valence-corrected chi connectivity index (χ0v) is 32.8. The maximum Gasteiger partial charge on any atom is 0.125 e. The molecule has 0 fully saturated rings. The first-order valence-corrected chi connectivity index (χ1v) is 21.7. The molecule has 0 N–H and O–H groups in total. The van der Waals surface area contributed by atoms with Crippen LogP contribution in [-0.4, -0.2) is 53.5 Å². The first-order chi connectivity index (χ1) is 23.4. The fourth-order valence-electron chi connectivity index (χ4n) is 7.23. The van der Waals surface area contributed by atoms with Crippen LogP contribution in [0, 0.1) is 0 Å². The summed E-state index contributed by atoms with van der Waals surface area (Å²) in [5.74, 6) is 7.50. The van der Waals surface area contributed by atoms with Gasteiger partial charge in [0.05, 0.1) is 28.4 Å². The number of thioether (sulfide) groups is 4. The van der Waals surface area contributed by atoms with Crippen molar-refractivity contribution >= 4 is 47.0 Å². The molecule has 8 bridgehead atoms. The average Bonchev–Trinajstić information content (AvgIpc) is 3.05. The van der Waals surface area contributed by atoms with Gasteiger partial charge in [-0.3, -0.25) is 0 Å². The van der Waals surface area contributed by atoms with E-state index in [-0.39, 0.29) is 0 Å². The van der Waals surface area contributed by atoms with Crippen molar-refractivity contribution in [1.82, 2.24) is 0 Å². The highest BCUT2D eigenvalue weighted by atomic mass is 32.2. The SMILES string of the molecule is COc1c2cc(CSC)cc1Cc1cc(CSC)cc(c1OC)Cc1cc(CSC)cc(c1OC)Cc1cc(CSC)cc(c1OC)C2. The largest absolute Gasteiger partial charge is 0.496 e. The zero-order valence-electron chi connectivity index (χ0n) is 29.5. The third-order valence-corrected chi connectivity index (χ3v) is 11.3. The van der Waals surface area contributed by atoms with Crippen molar-refractivity contribution in [3.63, 3.8) is 0 Å². The minimum Gasteiger partial charge on any atom is -0.496 e. The molecule has 5 rings (SSSR count). The van der Waals surface area contributed by atoms with Crippen molar-refractivity contribution in [2.45, 2.75) is 48.7 Å². The Morgan fingerprint density at radius 2 is 0.521 bits per heavy atom. The summed E-state index contributed by atoms with van der Waals surface area (Å²) in [5, 5.41) is 0. The van der Waals surface area contributed by atoms with E-state index in [4.69, 9.17) is 18.9 Å². The maximum atomic E-state index is 6.29. The summed E-state index contributed by atoms with van der Waals surface area (Å²) in [4.78, 5) is 0. The van der Waals surface area contributed by atoms with Crippen molar-refractivity contribution in [1.29, 1.82) is 0 Å². The Morgan fingerprint density at radius 1 is 0.354 bits per heavy atom. The van der Waals surface area contributed by atoms with Crippen molar-refractivity contribution < 1.29 is 18.9 Å². The lowest BCUT2D eigenvalue weighted by molar-refractivity contribution is 0.395. The quantitative estimate of drug-likeness (QED) is 0.126. The molecular formula is C40H48O4S4. The van der Waals surface area contributed by atoms with Crippen molar-refractivity contribution in [3.8, 4) is 23.0 Å². The summed E-state index contributed by atoms with van der Waals surface area (Å²) >= 11 is 7.37. The molecule has 0 heterocycles. The Morgan fingerprint density at radius 3 is 0.646 bits per heavy atom. The first-order valence-electron chi connectivity index (χ1n) is 16.1. The van der Waals surface area contributed by atoms with E-state index in [9.17, 15) is 0 Å². The second kappa shape index (κ2) is 17.4. The summed E-state index contributed by atoms with van der Waals surface area (Å²) < 4.78 is 25.1. The number of hydrogen-bond acceptors (Lipinski definition) is 8. The Kier molecular flexibility index (Phi) is 13.3. The van der Waals surface area contributed by atoms with Gasteiger partial charge in [0.1, 0.15) is 23.0 Å². The van der Waals surface area contributed by atoms with Gasteiger partial charge in [0.15, 0.2) is 0 Å². The second-order valence-corrected chi connectivity index (χ2v) is 15.7. The molecule has 8 heteroatoms. The summed E-state index contributed by atoms with van der Waals surface area (Å²) in [6.45, 7) is 0. The molecule has 0 aliphatic heterocycles. The van der Waals surface area contributed by atoms with Crippen LogP contribution in [0.3, 0.4) is 0 Å². The average molecular weight is 721 g/mol. The lowest BCUT2D eigenvalue weighted by Gasteiger charge is -2.23. The maximum absolute atomic E-state index is 6.29. The van der Waals surface area contributed by atoms with Crippen LogP contribution in [0.25, 0.3) is 0 Å². The Hall–Kier alpha value is -2.52. The van der Waals surface area contributed by atoms with Gasteiger partial charge in [-0.25, -0.2) is 0 Å². The molecule has 1 aliphatic carbocycles. The predicted octanol–water partition coefficient (Wildman–Crippen LogP) is 9.85. The van der Waals surface area contributed by atoms with E-state index in [0.29, 0.717) is 25.7 Å². The highest BCUT2D eigenvalue weighted by Crippen LogP contribution is 2.41. The minimum absolute atomic E-state index is 0.709. The molecule has 0 unspecified atom stereocenters. The molecule has 4 aromatic rings. The Bertz CT molecular complexity index is 1390. The van der Waals surface area contributed by atoms with E-state index in [1.54, 1.807) is 28.4 Å². The molecule has 0 atom stereocenters. The van der Waals surface area contributed by atoms with Gasteiger partial charge < -0.3 is 18.9 Å². The van der Waals surface area contributed by atoms with E-state index < -0.39 is 0 Å². The number of fused-ring (bicyclic) bond motifs is 8. The topological polar surface area (TPSA) is 36.9 Å². The van der Waals surface area contributed by atoms with Crippen molar-refractivity contribution in [2.24, 2.45) is 0 Å². The summed E-state index contributed by atoms with van der Waals surface area (Å²) in [6.07, 6.45) is 11.5. The number of methoxy groups -OCH3 is 4. The van der Waals surface area contributed by atoms with E-state index in [0.717, 1.165) is 46.0 Å². The van der Waals surface area contributed by atoms with Gasteiger partial charge in [0.25, 0.3) is 0 Å². The lowest BCUT2D eigenvalue weighted by Crippen LogP contribution is -2.08. The minimum atomic E-state index is 0.709. The van der Waals surface area contributed by atoms with Crippen LogP contribution in [-0.2, 0) is 48.7 Å². The summed E-state index contributed by atoms with van der Waals surface area (Å²) in [7, 11) is 7.22. The first kappa shape index (κ1) is 36.8. The molecule has 0 spiro atoms. The van der Waals surface area contributed by atoms with E-state index in [1.807, 2.05) is 47.0 Å². The number of rotatable bonds is 12. The molecule has 4 aromatic carbocycles. The standard InChI is InChI=1S/C40H48O4S4/c1-41-37-29-9-25(21-45-5)10-30(37)18-32-12-27(23-47-7)14-34(39(32)43-3)20-36-16-28(24-48-8)15-35(40(36)44-4)19-33-13-26(22-46-6)11-31(17-29)38(33)42-2/h9-16H,17-24H2,1-8H3. The predicted molar refractivity (Wildman–Crippen MR) is 212 cm³/mol. The van der Waals surface area contributed by atoms with Gasteiger partial charge in [0.2, 0.25) is 0 Å². The van der Waals surface area contributed by atoms with Crippen LogP contribution in [0.15, 0.2) is 48.5 Å². The molecule has 0 amide bonds. The lowest BCUT2D eigenvalue weighted by atomic mass is 9.88. The van der Waals surface area contributed by atoms with E-state index in [2.05, 4.69) is 73.6 Å². The van der Waals surface area contributed by atoms with Crippen LogP contribution in [0.4, 0.5) is 0 Å². The number of benzene rings is 4. The highest BCUT2D eigenvalue weighted by molar-refractivity contribution is 7.98. The summed E-state index contributed by atoms with van der Waals surface area (Å²) in [6, 6.07) is 18.6. The molecule has 48 heavy (non-hydrogen) atoms. The van der Waals surface area contributed by atoms with Gasteiger partial charge >= 0.3 is 0 Å². The van der Waals surface area contributed by atoms with Gasteiger partial charge in [0, 0.05) is 48.7 Å². The molecular weight excluding hydrogens is 673 g/mol. The zero-order chi connectivity index (χ0) is 34.2. The van der Waals surface area contributed by atoms with Crippen LogP contribution in [0.5, 0.6) is 23.0 Å². The van der Waals surface area contributed by atoms with Crippen molar-refractivity contribution in [2.75, 3.05) is 53.5 Å². The molecule has 0 saturated heterocycles. The molecule has 0 aromatic heterocycles. The molecule has 0 saturated carbocycles. The van der Waals surface area contributed by atoms with Gasteiger partial charge in [-0.15, -0.1) is 0 Å². The van der Waals surface area contributed by atoms with E-state index >= 15 is 0 Å². The Labute approximate surface area is 304 Å². The van der Waals surface area contributed by atoms with Gasteiger partial charge in [-0.05, 0) is 91.8 Å². The molecule has 4 nitrogen and oxygen atoms in total. The highest BCUT2D eigenvalue weighted by Gasteiger charge is 2.23. The smallest absolute Gasteiger partial charge is 0.125 e. The normalized spacial score (nSPS) is 12.5. The third-order valence-electron chi connectivity index (χ3n) is 8.79. The third kappa shape index (κ3) is 8.26. The number of hydrogen-bond donors (Lipinski definition) is 0. The van der Waals surface area contributed by atoms with Crippen LogP contribution in [0.1, 0.15) is 66.8 Å². The molecule has 0 radical (unpaired) electrons. The van der Waals surface area contributed by atoms with Crippen molar-refractivity contribution in [3.05, 3.63) is 115 Å². The second-order valence-electron chi connectivity index (χ2n) is 12.2.